The molecule has 0 fully saturated rings. The molecule has 0 saturated heterocycles. The first-order valence-corrected chi connectivity index (χ1v) is 1.63. The summed E-state index contributed by atoms with van der Waals surface area (Å²) in [7, 11) is 0. The number of halogens is 1. The van der Waals surface area contributed by atoms with Gasteiger partial charge < -0.3 is 15.5 Å². The molecule has 0 aliphatic heterocycles. The maximum atomic E-state index is 9.70. The fourth-order valence-corrected chi connectivity index (χ4v) is 0.0945. The second-order valence-corrected chi connectivity index (χ2v) is 0.808. The predicted molar refractivity (Wildman–Crippen MR) is 24.6 cm³/mol. The van der Waals surface area contributed by atoms with Crippen molar-refractivity contribution in [1.82, 2.24) is 0 Å². The van der Waals surface area contributed by atoms with Crippen LogP contribution in [0.15, 0.2) is 0 Å². The minimum Gasteiger partial charge on any atom is -0.412 e. The fourth-order valence-electron chi connectivity index (χ4n) is 0.0315. The van der Waals surface area contributed by atoms with Crippen molar-refractivity contribution in [3.63, 3.8) is 0 Å². The quantitative estimate of drug-likeness (QED) is 0.601. The smallest absolute Gasteiger partial charge is 0.338 e. The summed E-state index contributed by atoms with van der Waals surface area (Å²) in [5, 5.41) is 0. The average Bonchev–Trinajstić information content (AvgIpc) is 1.65. The van der Waals surface area contributed by atoms with Gasteiger partial charge >= 0.3 is 5.97 Å². The first-order chi connectivity index (χ1) is 2.81. The molecule has 0 heterocycles. The Morgan fingerprint density at radius 3 is 2.12 bits per heavy atom. The molecule has 0 rings (SSSR count). The van der Waals surface area contributed by atoms with Gasteiger partial charge in [0.2, 0.25) is 0 Å². The largest absolute Gasteiger partial charge is 0.412 e. The molecule has 0 saturated carbocycles. The van der Waals surface area contributed by atoms with Crippen LogP contribution in [0.5, 0.6) is 0 Å². The summed E-state index contributed by atoms with van der Waals surface area (Å²) < 4.78 is 3.61. The third-order valence-electron chi connectivity index (χ3n) is 0.253. The van der Waals surface area contributed by atoms with Crippen LogP contribution in [-0.4, -0.2) is 18.0 Å². The van der Waals surface area contributed by atoms with Crippen LogP contribution in [0.4, 0.5) is 0 Å². The van der Waals surface area contributed by atoms with E-state index in [0.29, 0.717) is 0 Å². The van der Waals surface area contributed by atoms with Gasteiger partial charge in [-0.1, -0.05) is 0 Å². The number of hydrogen-bond donors (Lipinski definition) is 1. The molecule has 0 aromatic rings. The van der Waals surface area contributed by atoms with Crippen LogP contribution < -0.4 is 5.73 Å². The number of carbonyl (C=O) groups is 1. The zero-order valence-electron chi connectivity index (χ0n) is 3.98. The monoisotopic (exact) mass is 217 g/mol. The van der Waals surface area contributed by atoms with E-state index in [1.54, 1.807) is 0 Å². The summed E-state index contributed by atoms with van der Waals surface area (Å²) in [4.78, 5) is 9.70. The van der Waals surface area contributed by atoms with Crippen molar-refractivity contribution < 1.29 is 40.8 Å². The van der Waals surface area contributed by atoms with Crippen molar-refractivity contribution in [2.45, 2.75) is 0 Å². The summed E-state index contributed by atoms with van der Waals surface area (Å²) in [6.07, 6.45) is 0. The van der Waals surface area contributed by atoms with Gasteiger partial charge in [-0.3, -0.25) is 0 Å². The van der Waals surface area contributed by atoms with Gasteiger partial charge in [-0.25, -0.2) is 4.79 Å². The third-order valence-corrected chi connectivity index (χ3v) is 0.425. The second-order valence-electron chi connectivity index (χ2n) is 0.653. The number of hydrogen-bond acceptors (Lipinski definition) is 3. The molecule has 4 nitrogen and oxygen atoms in total. The molecule has 48 valence electrons. The topological polar surface area (TPSA) is 83.8 Å². The Hall–Kier alpha value is 0.563. The first kappa shape index (κ1) is 15.8. The molecule has 0 bridgehead atoms. The zero-order chi connectivity index (χ0) is 4.99. The molecule has 0 aliphatic carbocycles. The Balaban J connectivity index is -0.000000125. The minimum absolute atomic E-state index is 0. The standard InChI is InChI=1S/C2H4ClNO2.H2O.Zr/c3-6-2(5)1-4;;/h1,4H2;1H2;. The molecule has 8 heavy (non-hydrogen) atoms. The normalized spacial score (nSPS) is 5.75. The van der Waals surface area contributed by atoms with Crippen LogP contribution in [0.25, 0.3) is 0 Å². The van der Waals surface area contributed by atoms with E-state index >= 15 is 0 Å². The van der Waals surface area contributed by atoms with Crippen LogP contribution in [0.2, 0.25) is 0 Å². The predicted octanol–water partition coefficient (Wildman–Crippen LogP) is -1.19. The van der Waals surface area contributed by atoms with Gasteiger partial charge in [0.25, 0.3) is 0 Å². The maximum absolute atomic E-state index is 9.70. The van der Waals surface area contributed by atoms with E-state index in [9.17, 15) is 4.79 Å². The van der Waals surface area contributed by atoms with Crippen molar-refractivity contribution in [3.8, 4) is 0 Å². The van der Waals surface area contributed by atoms with Gasteiger partial charge in [-0.2, -0.15) is 0 Å². The van der Waals surface area contributed by atoms with Crippen LogP contribution >= 0.6 is 11.9 Å². The molecule has 0 aromatic carbocycles. The summed E-state index contributed by atoms with van der Waals surface area (Å²) in [6.45, 7) is -0.163. The second kappa shape index (κ2) is 10.5. The Labute approximate surface area is 70.9 Å². The van der Waals surface area contributed by atoms with Gasteiger partial charge in [0.1, 0.15) is 11.9 Å². The molecule has 0 aromatic heterocycles. The molecular weight excluding hydrogens is 213 g/mol. The average molecular weight is 219 g/mol. The number of carbonyl (C=O) groups excluding carboxylic acids is 1. The first-order valence-electron chi connectivity index (χ1n) is 1.32. The molecule has 0 spiro atoms. The Kier molecular flexibility index (Phi) is 20.8. The van der Waals surface area contributed by atoms with Gasteiger partial charge in [0.15, 0.2) is 0 Å². The van der Waals surface area contributed by atoms with Gasteiger partial charge in [-0.05, 0) is 0 Å². The van der Waals surface area contributed by atoms with E-state index in [2.05, 4.69) is 16.2 Å². The van der Waals surface area contributed by atoms with Gasteiger partial charge in [0, 0.05) is 26.2 Å². The SMILES string of the molecule is NCC(=O)OCl.O.[Zr]. The zero-order valence-corrected chi connectivity index (χ0v) is 7.19. The van der Waals surface area contributed by atoms with Crippen molar-refractivity contribution in [2.24, 2.45) is 5.73 Å². The third kappa shape index (κ3) is 9.75. The van der Waals surface area contributed by atoms with E-state index in [-0.39, 0.29) is 38.2 Å². The van der Waals surface area contributed by atoms with Crippen molar-refractivity contribution in [1.29, 1.82) is 0 Å². The summed E-state index contributed by atoms with van der Waals surface area (Å²) in [5.74, 6) is -0.614. The minimum atomic E-state index is -0.614. The van der Waals surface area contributed by atoms with E-state index in [4.69, 9.17) is 5.73 Å². The van der Waals surface area contributed by atoms with Gasteiger partial charge in [-0.15, -0.1) is 0 Å². The van der Waals surface area contributed by atoms with Crippen LogP contribution in [0, 0.1) is 0 Å². The fraction of sp³-hybridized carbons (Fsp3) is 0.500. The van der Waals surface area contributed by atoms with Crippen molar-refractivity contribution in [3.05, 3.63) is 0 Å². The van der Waals surface area contributed by atoms with Crippen LogP contribution in [-0.2, 0) is 35.3 Å². The number of rotatable bonds is 1. The molecule has 0 unspecified atom stereocenters. The maximum Gasteiger partial charge on any atom is 0.338 e. The molecule has 4 N–H and O–H groups in total. The van der Waals surface area contributed by atoms with Gasteiger partial charge in [0.05, 0.1) is 6.54 Å². The van der Waals surface area contributed by atoms with E-state index < -0.39 is 5.97 Å². The van der Waals surface area contributed by atoms with E-state index in [0.717, 1.165) is 0 Å². The molecule has 6 heteroatoms. The molecule has 0 amide bonds. The van der Waals surface area contributed by atoms with Crippen molar-refractivity contribution in [2.75, 3.05) is 6.54 Å². The van der Waals surface area contributed by atoms with Crippen LogP contribution in [0.1, 0.15) is 0 Å². The van der Waals surface area contributed by atoms with E-state index in [1.165, 1.54) is 0 Å². The van der Waals surface area contributed by atoms with Crippen LogP contribution in [0.3, 0.4) is 0 Å². The Morgan fingerprint density at radius 2 is 2.12 bits per heavy atom. The Morgan fingerprint density at radius 1 is 1.75 bits per heavy atom. The summed E-state index contributed by atoms with van der Waals surface area (Å²) >= 11 is 4.52. The molecule has 0 radical (unpaired) electrons. The molecular formula is C2H6ClNO3Zr. The van der Waals surface area contributed by atoms with E-state index in [1.807, 2.05) is 0 Å². The molecule has 0 aliphatic rings. The molecule has 0 atom stereocenters. The van der Waals surface area contributed by atoms with Crippen molar-refractivity contribution >= 4 is 17.8 Å². The number of nitrogens with two attached hydrogens (primary N) is 1. The Bertz CT molecular complexity index is 55.2. The summed E-state index contributed by atoms with van der Waals surface area (Å²) in [5.41, 5.74) is 4.72. The summed E-state index contributed by atoms with van der Waals surface area (Å²) in [6, 6.07) is 0.